The van der Waals surface area contributed by atoms with Crippen molar-refractivity contribution in [2.24, 2.45) is 0 Å². The summed E-state index contributed by atoms with van der Waals surface area (Å²) < 4.78 is 37.9. The number of aromatic nitrogens is 1. The number of nitrogens with zero attached hydrogens (tertiary/aromatic N) is 2. The first-order valence-corrected chi connectivity index (χ1v) is 5.69. The molecule has 88 valence electrons. The highest BCUT2D eigenvalue weighted by Gasteiger charge is 2.38. The fourth-order valence-corrected chi connectivity index (χ4v) is 1.92. The fourth-order valence-electron chi connectivity index (χ4n) is 1.57. The number of anilines is 1. The third kappa shape index (κ3) is 3.10. The molecular weight excluding hydrogens is 285 g/mol. The Labute approximate surface area is 99.6 Å². The average molecular weight is 295 g/mol. The standard InChI is InChI=1S/C10H10BrF3N2/c11-7-3-9(5-15-4-7)16(8-1-2-8)6-10(12,13)14/h3-5,8H,1-2,6H2. The molecule has 16 heavy (non-hydrogen) atoms. The van der Waals surface area contributed by atoms with Gasteiger partial charge in [-0.05, 0) is 34.8 Å². The van der Waals surface area contributed by atoms with Crippen molar-refractivity contribution in [2.75, 3.05) is 11.4 Å². The van der Waals surface area contributed by atoms with Gasteiger partial charge in [-0.15, -0.1) is 0 Å². The summed E-state index contributed by atoms with van der Waals surface area (Å²) in [5, 5.41) is 0. The van der Waals surface area contributed by atoms with Crippen LogP contribution in [0.15, 0.2) is 22.9 Å². The number of hydrogen-bond donors (Lipinski definition) is 0. The van der Waals surface area contributed by atoms with Gasteiger partial charge < -0.3 is 4.90 Å². The van der Waals surface area contributed by atoms with Gasteiger partial charge in [-0.2, -0.15) is 13.2 Å². The molecular formula is C10H10BrF3N2. The lowest BCUT2D eigenvalue weighted by Crippen LogP contribution is -2.36. The average Bonchev–Trinajstić information content (AvgIpc) is 2.96. The van der Waals surface area contributed by atoms with Gasteiger partial charge in [0.25, 0.3) is 0 Å². The smallest absolute Gasteiger partial charge is 0.358 e. The molecule has 0 atom stereocenters. The van der Waals surface area contributed by atoms with Gasteiger partial charge in [-0.25, -0.2) is 0 Å². The van der Waals surface area contributed by atoms with Crippen LogP contribution < -0.4 is 4.90 Å². The second-order valence-corrected chi connectivity index (χ2v) is 4.75. The van der Waals surface area contributed by atoms with Gasteiger partial charge in [-0.3, -0.25) is 4.98 Å². The molecule has 0 N–H and O–H groups in total. The van der Waals surface area contributed by atoms with Crippen LogP contribution in [-0.2, 0) is 0 Å². The highest BCUT2D eigenvalue weighted by atomic mass is 79.9. The van der Waals surface area contributed by atoms with E-state index in [-0.39, 0.29) is 6.04 Å². The maximum absolute atomic E-state index is 12.4. The maximum Gasteiger partial charge on any atom is 0.405 e. The Balaban J connectivity index is 2.19. The Hall–Kier alpha value is -0.780. The van der Waals surface area contributed by atoms with Crippen LogP contribution >= 0.6 is 15.9 Å². The second kappa shape index (κ2) is 4.24. The quantitative estimate of drug-likeness (QED) is 0.850. The Morgan fingerprint density at radius 3 is 2.56 bits per heavy atom. The van der Waals surface area contributed by atoms with Gasteiger partial charge in [0.15, 0.2) is 0 Å². The molecule has 1 aliphatic rings. The monoisotopic (exact) mass is 294 g/mol. The van der Waals surface area contributed by atoms with Crippen molar-refractivity contribution in [2.45, 2.75) is 25.1 Å². The predicted octanol–water partition coefficient (Wildman–Crippen LogP) is 3.38. The molecule has 0 radical (unpaired) electrons. The number of pyridine rings is 1. The van der Waals surface area contributed by atoms with Gasteiger partial charge in [0.2, 0.25) is 0 Å². The van der Waals surface area contributed by atoms with Crippen LogP contribution in [0.3, 0.4) is 0 Å². The van der Waals surface area contributed by atoms with Crippen molar-refractivity contribution in [1.29, 1.82) is 0 Å². The van der Waals surface area contributed by atoms with E-state index in [0.717, 1.165) is 12.8 Å². The van der Waals surface area contributed by atoms with E-state index in [2.05, 4.69) is 20.9 Å². The zero-order valence-electron chi connectivity index (χ0n) is 8.34. The van der Waals surface area contributed by atoms with Crippen molar-refractivity contribution in [3.8, 4) is 0 Å². The Morgan fingerprint density at radius 1 is 1.38 bits per heavy atom. The molecule has 1 saturated carbocycles. The number of hydrogen-bond acceptors (Lipinski definition) is 2. The molecule has 2 rings (SSSR count). The lowest BCUT2D eigenvalue weighted by atomic mass is 10.3. The summed E-state index contributed by atoms with van der Waals surface area (Å²) in [5.41, 5.74) is 0.522. The second-order valence-electron chi connectivity index (χ2n) is 3.84. The third-order valence-corrected chi connectivity index (χ3v) is 2.79. The molecule has 0 aromatic carbocycles. The molecule has 2 nitrogen and oxygen atoms in total. The molecule has 0 aliphatic heterocycles. The van der Waals surface area contributed by atoms with Gasteiger partial charge in [-0.1, -0.05) is 0 Å². The topological polar surface area (TPSA) is 16.1 Å². The summed E-state index contributed by atoms with van der Waals surface area (Å²) in [5.74, 6) is 0. The molecule has 1 aliphatic carbocycles. The van der Waals surface area contributed by atoms with Crippen LogP contribution in [0.4, 0.5) is 18.9 Å². The van der Waals surface area contributed by atoms with Gasteiger partial charge in [0.1, 0.15) is 6.54 Å². The number of rotatable bonds is 3. The molecule has 0 spiro atoms. The summed E-state index contributed by atoms with van der Waals surface area (Å²) in [7, 11) is 0. The summed E-state index contributed by atoms with van der Waals surface area (Å²) in [6.45, 7) is -0.907. The zero-order valence-corrected chi connectivity index (χ0v) is 9.92. The Kier molecular flexibility index (Phi) is 3.10. The molecule has 1 aromatic rings. The lowest BCUT2D eigenvalue weighted by Gasteiger charge is -2.25. The first-order chi connectivity index (χ1) is 7.46. The minimum absolute atomic E-state index is 0.0118. The predicted molar refractivity (Wildman–Crippen MR) is 58.4 cm³/mol. The number of alkyl halides is 3. The van der Waals surface area contributed by atoms with Crippen LogP contribution in [0.2, 0.25) is 0 Å². The molecule has 1 aromatic heterocycles. The zero-order chi connectivity index (χ0) is 11.8. The third-order valence-electron chi connectivity index (χ3n) is 2.36. The SMILES string of the molecule is FC(F)(F)CN(c1cncc(Br)c1)C1CC1. The van der Waals surface area contributed by atoms with Crippen LogP contribution in [0.25, 0.3) is 0 Å². The highest BCUT2D eigenvalue weighted by molar-refractivity contribution is 9.10. The van der Waals surface area contributed by atoms with Crippen LogP contribution in [0, 0.1) is 0 Å². The van der Waals surface area contributed by atoms with E-state index in [9.17, 15) is 13.2 Å². The normalized spacial score (nSPS) is 16.2. The van der Waals surface area contributed by atoms with Crippen molar-refractivity contribution < 1.29 is 13.2 Å². The van der Waals surface area contributed by atoms with E-state index in [1.54, 1.807) is 12.3 Å². The van der Waals surface area contributed by atoms with Gasteiger partial charge >= 0.3 is 6.18 Å². The minimum Gasteiger partial charge on any atom is -0.358 e. The summed E-state index contributed by atoms with van der Waals surface area (Å²) >= 11 is 3.21. The van der Waals surface area contributed by atoms with Crippen molar-refractivity contribution in [3.05, 3.63) is 22.9 Å². The molecule has 6 heteroatoms. The van der Waals surface area contributed by atoms with E-state index in [0.29, 0.717) is 10.2 Å². The largest absolute Gasteiger partial charge is 0.405 e. The molecule has 1 heterocycles. The van der Waals surface area contributed by atoms with E-state index < -0.39 is 12.7 Å². The molecule has 0 amide bonds. The van der Waals surface area contributed by atoms with E-state index >= 15 is 0 Å². The highest BCUT2D eigenvalue weighted by Crippen LogP contribution is 2.34. The van der Waals surface area contributed by atoms with Crippen LogP contribution in [0.5, 0.6) is 0 Å². The summed E-state index contributed by atoms with van der Waals surface area (Å²) in [6.07, 6.45) is 0.493. The molecule has 0 saturated heterocycles. The first kappa shape index (κ1) is 11.7. The maximum atomic E-state index is 12.4. The van der Waals surface area contributed by atoms with Crippen molar-refractivity contribution in [3.63, 3.8) is 0 Å². The summed E-state index contributed by atoms with van der Waals surface area (Å²) in [4.78, 5) is 5.26. The molecule has 0 bridgehead atoms. The van der Waals surface area contributed by atoms with Gasteiger partial charge in [0.05, 0.1) is 11.9 Å². The Morgan fingerprint density at radius 2 is 2.06 bits per heavy atom. The first-order valence-electron chi connectivity index (χ1n) is 4.90. The Bertz CT molecular complexity index is 377. The fraction of sp³-hybridized carbons (Fsp3) is 0.500. The number of halogens is 4. The van der Waals surface area contributed by atoms with E-state index in [4.69, 9.17) is 0 Å². The van der Waals surface area contributed by atoms with Crippen molar-refractivity contribution >= 4 is 21.6 Å². The molecule has 0 unspecified atom stereocenters. The minimum atomic E-state index is -4.18. The molecule has 1 fully saturated rings. The van der Waals surface area contributed by atoms with Crippen LogP contribution in [0.1, 0.15) is 12.8 Å². The van der Waals surface area contributed by atoms with Crippen molar-refractivity contribution in [1.82, 2.24) is 4.98 Å². The lowest BCUT2D eigenvalue weighted by molar-refractivity contribution is -0.120. The van der Waals surface area contributed by atoms with E-state index in [1.807, 2.05) is 0 Å². The van der Waals surface area contributed by atoms with E-state index in [1.165, 1.54) is 11.1 Å². The van der Waals surface area contributed by atoms with Gasteiger partial charge in [0, 0.05) is 16.7 Å². The van der Waals surface area contributed by atoms with Crippen LogP contribution in [-0.4, -0.2) is 23.7 Å². The summed E-state index contributed by atoms with van der Waals surface area (Å²) in [6, 6.07) is 1.68.